The lowest BCUT2D eigenvalue weighted by molar-refractivity contribution is 0.420. The molecule has 4 nitrogen and oxygen atoms in total. The second-order valence-corrected chi connectivity index (χ2v) is 6.03. The summed E-state index contributed by atoms with van der Waals surface area (Å²) >= 11 is 0. The summed E-state index contributed by atoms with van der Waals surface area (Å²) in [5, 5.41) is 11.8. The van der Waals surface area contributed by atoms with E-state index in [4.69, 9.17) is 0 Å². The third-order valence-corrected chi connectivity index (χ3v) is 3.04. The molecular weight excluding hydrogens is 267 g/mol. The maximum Gasteiger partial charge on any atom is 0.155 e. The van der Waals surface area contributed by atoms with Gasteiger partial charge in [0.2, 0.25) is 0 Å². The number of halogens is 1. The van der Waals surface area contributed by atoms with Crippen LogP contribution in [0.3, 0.4) is 0 Å². The van der Waals surface area contributed by atoms with E-state index >= 15 is 0 Å². The summed E-state index contributed by atoms with van der Waals surface area (Å²) in [6.07, 6.45) is 0. The van der Waals surface area contributed by atoms with Crippen molar-refractivity contribution in [1.82, 2.24) is 15.5 Å². The van der Waals surface area contributed by atoms with Crippen molar-refractivity contribution in [2.75, 3.05) is 11.9 Å². The van der Waals surface area contributed by atoms with Gasteiger partial charge in [-0.1, -0.05) is 6.07 Å². The fourth-order valence-corrected chi connectivity index (χ4v) is 1.80. The molecule has 1 N–H and O–H groups in total. The normalized spacial score (nSPS) is 11.5. The van der Waals surface area contributed by atoms with E-state index in [9.17, 15) is 4.39 Å². The summed E-state index contributed by atoms with van der Waals surface area (Å²) in [5.41, 5.74) is 1.66. The van der Waals surface area contributed by atoms with Crippen LogP contribution in [0.2, 0.25) is 0 Å². The van der Waals surface area contributed by atoms with Crippen LogP contribution in [0, 0.1) is 5.82 Å². The number of nitrogens with zero attached hydrogens (tertiary/aromatic N) is 3. The second-order valence-electron chi connectivity index (χ2n) is 6.03. The Balaban J connectivity index is 2.08. The Bertz CT molecular complexity index is 590. The fourth-order valence-electron chi connectivity index (χ4n) is 1.80. The van der Waals surface area contributed by atoms with Crippen LogP contribution in [-0.4, -0.2) is 22.8 Å². The van der Waals surface area contributed by atoms with Gasteiger partial charge in [-0.05, 0) is 51.1 Å². The minimum atomic E-state index is -0.265. The smallest absolute Gasteiger partial charge is 0.155 e. The van der Waals surface area contributed by atoms with Gasteiger partial charge in [-0.25, -0.2) is 4.39 Å². The van der Waals surface area contributed by atoms with E-state index in [2.05, 4.69) is 36.3 Å². The third-order valence-electron chi connectivity index (χ3n) is 3.04. The van der Waals surface area contributed by atoms with Gasteiger partial charge in [-0.2, -0.15) is 5.10 Å². The zero-order chi connectivity index (χ0) is 15.5. The van der Waals surface area contributed by atoms with Crippen molar-refractivity contribution in [1.29, 1.82) is 0 Å². The van der Waals surface area contributed by atoms with E-state index < -0.39 is 0 Å². The molecular formula is C16H21FN4. The van der Waals surface area contributed by atoms with E-state index in [1.807, 2.05) is 25.2 Å². The van der Waals surface area contributed by atoms with Crippen LogP contribution in [0.1, 0.15) is 26.5 Å². The average Bonchev–Trinajstić information content (AvgIpc) is 2.44. The van der Waals surface area contributed by atoms with Crippen LogP contribution < -0.4 is 10.2 Å². The summed E-state index contributed by atoms with van der Waals surface area (Å²) < 4.78 is 13.2. The molecule has 0 fully saturated rings. The summed E-state index contributed by atoms with van der Waals surface area (Å²) in [6.45, 7) is 6.98. The molecule has 0 amide bonds. The summed E-state index contributed by atoms with van der Waals surface area (Å²) in [5.74, 6) is 0.415. The molecule has 5 heteroatoms. The van der Waals surface area contributed by atoms with Gasteiger partial charge in [0, 0.05) is 24.8 Å². The molecule has 0 unspecified atom stereocenters. The van der Waals surface area contributed by atoms with Crippen molar-refractivity contribution in [3.63, 3.8) is 0 Å². The van der Waals surface area contributed by atoms with Crippen molar-refractivity contribution in [3.05, 3.63) is 47.9 Å². The molecule has 0 bridgehead atoms. The van der Waals surface area contributed by atoms with Crippen LogP contribution in [0.5, 0.6) is 0 Å². The number of nitrogens with one attached hydrogen (secondary N) is 1. The molecule has 0 aliphatic heterocycles. The van der Waals surface area contributed by atoms with Gasteiger partial charge in [0.25, 0.3) is 0 Å². The van der Waals surface area contributed by atoms with Gasteiger partial charge in [0.1, 0.15) is 5.82 Å². The molecule has 1 aromatic heterocycles. The molecule has 0 atom stereocenters. The van der Waals surface area contributed by atoms with E-state index in [1.165, 1.54) is 12.1 Å². The standard InChI is InChI=1S/C16H21FN4/c1-16(2,3)18-11-13-8-9-15(20-19-13)21(4)14-7-5-6-12(17)10-14/h5-10,18H,11H2,1-4H3. The first-order chi connectivity index (χ1) is 9.85. The van der Waals surface area contributed by atoms with Crippen LogP contribution >= 0.6 is 0 Å². The SMILES string of the molecule is CN(c1cccc(F)c1)c1ccc(CNC(C)(C)C)nn1. The first-order valence-corrected chi connectivity index (χ1v) is 6.92. The first-order valence-electron chi connectivity index (χ1n) is 6.92. The average molecular weight is 288 g/mol. The Morgan fingerprint density at radius 1 is 1.14 bits per heavy atom. The van der Waals surface area contributed by atoms with Gasteiger partial charge in [0.05, 0.1) is 5.69 Å². The number of anilines is 2. The molecule has 1 aromatic carbocycles. The number of aromatic nitrogens is 2. The number of benzene rings is 1. The minimum Gasteiger partial charge on any atom is -0.328 e. The minimum absolute atomic E-state index is 0.0404. The summed E-state index contributed by atoms with van der Waals surface area (Å²) in [7, 11) is 1.84. The van der Waals surface area contributed by atoms with Crippen molar-refractivity contribution in [3.8, 4) is 0 Å². The third kappa shape index (κ3) is 4.49. The van der Waals surface area contributed by atoms with Gasteiger partial charge >= 0.3 is 0 Å². The lowest BCUT2D eigenvalue weighted by Crippen LogP contribution is -2.35. The van der Waals surface area contributed by atoms with Crippen molar-refractivity contribution < 1.29 is 4.39 Å². The van der Waals surface area contributed by atoms with Crippen LogP contribution in [0.4, 0.5) is 15.9 Å². The second kappa shape index (κ2) is 6.18. The molecule has 0 radical (unpaired) electrons. The van der Waals surface area contributed by atoms with Crippen molar-refractivity contribution in [2.45, 2.75) is 32.9 Å². The lowest BCUT2D eigenvalue weighted by atomic mass is 10.1. The molecule has 0 spiro atoms. The fraction of sp³-hybridized carbons (Fsp3) is 0.375. The zero-order valence-electron chi connectivity index (χ0n) is 12.9. The van der Waals surface area contributed by atoms with E-state index in [-0.39, 0.29) is 11.4 Å². The molecule has 0 aliphatic carbocycles. The zero-order valence-corrected chi connectivity index (χ0v) is 12.9. The maximum atomic E-state index is 13.2. The Morgan fingerprint density at radius 3 is 2.48 bits per heavy atom. The predicted octanol–water partition coefficient (Wildman–Crippen LogP) is 3.27. The van der Waals surface area contributed by atoms with Crippen LogP contribution in [0.15, 0.2) is 36.4 Å². The Labute approximate surface area is 125 Å². The Hall–Kier alpha value is -2.01. The Morgan fingerprint density at radius 2 is 1.90 bits per heavy atom. The molecule has 112 valence electrons. The highest BCUT2D eigenvalue weighted by molar-refractivity contribution is 5.58. The maximum absolute atomic E-state index is 13.2. The number of hydrogen-bond donors (Lipinski definition) is 1. The predicted molar refractivity (Wildman–Crippen MR) is 83.1 cm³/mol. The largest absolute Gasteiger partial charge is 0.328 e. The van der Waals surface area contributed by atoms with Gasteiger partial charge in [-0.3, -0.25) is 0 Å². The molecule has 0 aliphatic rings. The van der Waals surface area contributed by atoms with E-state index in [1.54, 1.807) is 11.0 Å². The molecule has 0 saturated carbocycles. The number of rotatable bonds is 4. The van der Waals surface area contributed by atoms with Gasteiger partial charge < -0.3 is 10.2 Å². The van der Waals surface area contributed by atoms with Crippen molar-refractivity contribution in [2.24, 2.45) is 0 Å². The first kappa shape index (κ1) is 15.4. The van der Waals surface area contributed by atoms with Crippen molar-refractivity contribution >= 4 is 11.5 Å². The molecule has 21 heavy (non-hydrogen) atoms. The van der Waals surface area contributed by atoms with Crippen LogP contribution in [0.25, 0.3) is 0 Å². The quantitative estimate of drug-likeness (QED) is 0.937. The van der Waals surface area contributed by atoms with E-state index in [0.29, 0.717) is 12.4 Å². The van der Waals surface area contributed by atoms with Gasteiger partial charge in [0.15, 0.2) is 5.82 Å². The highest BCUT2D eigenvalue weighted by Crippen LogP contribution is 2.21. The summed E-state index contributed by atoms with van der Waals surface area (Å²) in [4.78, 5) is 1.80. The monoisotopic (exact) mass is 288 g/mol. The molecule has 1 heterocycles. The number of hydrogen-bond acceptors (Lipinski definition) is 4. The molecule has 2 aromatic rings. The van der Waals surface area contributed by atoms with E-state index in [0.717, 1.165) is 11.4 Å². The van der Waals surface area contributed by atoms with Crippen LogP contribution in [-0.2, 0) is 6.54 Å². The van der Waals surface area contributed by atoms with Gasteiger partial charge in [-0.15, -0.1) is 5.10 Å². The molecule has 0 saturated heterocycles. The lowest BCUT2D eigenvalue weighted by Gasteiger charge is -2.20. The molecule has 2 rings (SSSR count). The highest BCUT2D eigenvalue weighted by Gasteiger charge is 2.10. The highest BCUT2D eigenvalue weighted by atomic mass is 19.1. The summed E-state index contributed by atoms with van der Waals surface area (Å²) in [6, 6.07) is 10.2. The topological polar surface area (TPSA) is 41.0 Å². The Kier molecular flexibility index (Phi) is 4.53.